The molecule has 0 radical (unpaired) electrons. The Morgan fingerprint density at radius 3 is 1.47 bits per heavy atom. The summed E-state index contributed by atoms with van der Waals surface area (Å²) in [5, 5.41) is 16.3. The van der Waals surface area contributed by atoms with Crippen molar-refractivity contribution in [2.24, 2.45) is 28.7 Å². The van der Waals surface area contributed by atoms with E-state index in [0.717, 1.165) is 0 Å². The first-order valence-electron chi connectivity index (χ1n) is 11.2. The maximum absolute atomic E-state index is 12.9. The molecule has 0 saturated heterocycles. The number of primary amides is 3. The molecule has 14 N–H and O–H groups in total. The highest BCUT2D eigenvalue weighted by Crippen LogP contribution is 2.06. The number of carboxylic acids is 1. The average Bonchev–Trinajstić information content (AvgIpc) is 2.77. The number of nitrogens with one attached hydrogen (secondary N) is 3. The van der Waals surface area contributed by atoms with Crippen LogP contribution in [-0.2, 0) is 33.6 Å². The lowest BCUT2D eigenvalue weighted by molar-refractivity contribution is -0.142. The van der Waals surface area contributed by atoms with Crippen molar-refractivity contribution in [1.82, 2.24) is 16.0 Å². The number of amides is 6. The van der Waals surface area contributed by atoms with Gasteiger partial charge in [-0.2, -0.15) is 0 Å². The first-order valence-corrected chi connectivity index (χ1v) is 11.2. The minimum Gasteiger partial charge on any atom is -0.480 e. The lowest BCUT2D eigenvalue weighted by Crippen LogP contribution is -2.57. The Labute approximate surface area is 207 Å². The first-order chi connectivity index (χ1) is 16.8. The Bertz CT molecular complexity index is 822. The summed E-state index contributed by atoms with van der Waals surface area (Å²) in [7, 11) is 0. The van der Waals surface area contributed by atoms with Gasteiger partial charge in [0.15, 0.2) is 0 Å². The molecule has 0 aliphatic carbocycles. The molecule has 6 amide bonds. The van der Waals surface area contributed by atoms with Crippen LogP contribution < -0.4 is 44.6 Å². The molecule has 0 aliphatic rings. The quantitative estimate of drug-likeness (QED) is 0.0739. The molecular formula is C20H36N8O8. The zero-order chi connectivity index (χ0) is 27.8. The molecule has 4 unspecified atom stereocenters. The Kier molecular flexibility index (Phi) is 15.0. The van der Waals surface area contributed by atoms with Crippen molar-refractivity contribution in [3.05, 3.63) is 0 Å². The van der Waals surface area contributed by atoms with Crippen molar-refractivity contribution < 1.29 is 38.7 Å². The minimum absolute atomic E-state index is 0.0732. The summed E-state index contributed by atoms with van der Waals surface area (Å²) in [6, 6.07) is -5.49. The molecule has 0 spiro atoms. The molecule has 0 heterocycles. The van der Waals surface area contributed by atoms with Gasteiger partial charge in [-0.3, -0.25) is 28.8 Å². The number of hydrogen-bond acceptors (Lipinski definition) is 9. The topological polar surface area (TPSA) is 306 Å². The van der Waals surface area contributed by atoms with Gasteiger partial charge in [-0.25, -0.2) is 4.79 Å². The van der Waals surface area contributed by atoms with Gasteiger partial charge in [-0.05, 0) is 38.6 Å². The number of carbonyl (C=O) groups is 7. The Morgan fingerprint density at radius 1 is 0.639 bits per heavy atom. The van der Waals surface area contributed by atoms with Crippen LogP contribution in [0.1, 0.15) is 51.4 Å². The minimum atomic E-state index is -1.41. The second-order valence-corrected chi connectivity index (χ2v) is 8.09. The molecular weight excluding hydrogens is 480 g/mol. The third-order valence-corrected chi connectivity index (χ3v) is 4.94. The number of rotatable bonds is 19. The number of nitrogens with two attached hydrogens (primary N) is 5. The van der Waals surface area contributed by atoms with Gasteiger partial charge in [0.05, 0.1) is 12.5 Å². The number of aliphatic carboxylic acids is 1. The molecule has 16 nitrogen and oxygen atoms in total. The van der Waals surface area contributed by atoms with Crippen molar-refractivity contribution in [1.29, 1.82) is 0 Å². The summed E-state index contributed by atoms with van der Waals surface area (Å²) >= 11 is 0. The Morgan fingerprint density at radius 2 is 1.08 bits per heavy atom. The number of hydrogen-bond donors (Lipinski definition) is 9. The van der Waals surface area contributed by atoms with Crippen LogP contribution in [0.4, 0.5) is 0 Å². The van der Waals surface area contributed by atoms with Crippen LogP contribution in [0.15, 0.2) is 0 Å². The summed E-state index contributed by atoms with van der Waals surface area (Å²) < 4.78 is 0. The van der Waals surface area contributed by atoms with E-state index >= 15 is 0 Å². The largest absolute Gasteiger partial charge is 0.480 e. The van der Waals surface area contributed by atoms with E-state index in [1.807, 2.05) is 0 Å². The summed E-state index contributed by atoms with van der Waals surface area (Å²) in [6.07, 6.45) is -0.713. The number of carbonyl (C=O) groups excluding carboxylic acids is 6. The van der Waals surface area contributed by atoms with Gasteiger partial charge in [-0.1, -0.05) is 0 Å². The van der Waals surface area contributed by atoms with E-state index in [2.05, 4.69) is 16.0 Å². The first kappa shape index (κ1) is 32.2. The van der Waals surface area contributed by atoms with Crippen molar-refractivity contribution in [2.75, 3.05) is 6.54 Å². The summed E-state index contributed by atoms with van der Waals surface area (Å²) in [4.78, 5) is 82.9. The molecule has 0 saturated carbocycles. The van der Waals surface area contributed by atoms with E-state index in [4.69, 9.17) is 28.7 Å². The molecule has 36 heavy (non-hydrogen) atoms. The Balaban J connectivity index is 5.61. The van der Waals surface area contributed by atoms with Crippen LogP contribution in [0.3, 0.4) is 0 Å². The molecule has 0 aromatic heterocycles. The molecule has 204 valence electrons. The van der Waals surface area contributed by atoms with E-state index in [0.29, 0.717) is 19.4 Å². The smallest absolute Gasteiger partial charge is 0.326 e. The molecule has 0 aliphatic heterocycles. The highest BCUT2D eigenvalue weighted by molar-refractivity contribution is 5.95. The van der Waals surface area contributed by atoms with Crippen molar-refractivity contribution in [3.63, 3.8) is 0 Å². The lowest BCUT2D eigenvalue weighted by Gasteiger charge is -2.25. The van der Waals surface area contributed by atoms with E-state index in [1.54, 1.807) is 0 Å². The van der Waals surface area contributed by atoms with Crippen LogP contribution in [-0.4, -0.2) is 77.2 Å². The summed E-state index contributed by atoms with van der Waals surface area (Å²) in [6.45, 7) is 0.332. The predicted molar refractivity (Wildman–Crippen MR) is 125 cm³/mol. The highest BCUT2D eigenvalue weighted by atomic mass is 16.4. The fourth-order valence-electron chi connectivity index (χ4n) is 2.99. The van der Waals surface area contributed by atoms with Gasteiger partial charge in [0.25, 0.3) is 0 Å². The standard InChI is InChI=1S/C20H36N8O8/c21-8-2-1-3-13(20(35)36)28-19(34)12(5-7-15(24)30)27-18(33)11(4-6-14(23)29)26-17(32)10(22)9-16(25)31/h10-13H,1-9,21-22H2,(H2,23,29)(H2,24,30)(H2,25,31)(H,26,32)(H,27,33)(H,28,34)(H,35,36). The van der Waals surface area contributed by atoms with Crippen LogP contribution in [0, 0.1) is 0 Å². The second-order valence-electron chi connectivity index (χ2n) is 8.09. The monoisotopic (exact) mass is 516 g/mol. The van der Waals surface area contributed by atoms with Crippen LogP contribution in [0.25, 0.3) is 0 Å². The summed E-state index contributed by atoms with van der Waals surface area (Å²) in [5.74, 6) is -6.52. The lowest BCUT2D eigenvalue weighted by atomic mass is 10.0. The van der Waals surface area contributed by atoms with E-state index < -0.39 is 72.0 Å². The van der Waals surface area contributed by atoms with E-state index in [9.17, 15) is 38.7 Å². The van der Waals surface area contributed by atoms with Gasteiger partial charge in [0, 0.05) is 12.8 Å². The van der Waals surface area contributed by atoms with Gasteiger partial charge in [-0.15, -0.1) is 0 Å². The van der Waals surface area contributed by atoms with Crippen molar-refractivity contribution in [3.8, 4) is 0 Å². The van der Waals surface area contributed by atoms with Gasteiger partial charge < -0.3 is 49.7 Å². The third kappa shape index (κ3) is 13.8. The number of unbranched alkanes of at least 4 members (excludes halogenated alkanes) is 1. The fourth-order valence-corrected chi connectivity index (χ4v) is 2.99. The van der Waals surface area contributed by atoms with Gasteiger partial charge >= 0.3 is 5.97 Å². The zero-order valence-electron chi connectivity index (χ0n) is 19.9. The molecule has 0 aromatic rings. The highest BCUT2D eigenvalue weighted by Gasteiger charge is 2.30. The van der Waals surface area contributed by atoms with E-state index in [1.165, 1.54) is 0 Å². The fraction of sp³-hybridized carbons (Fsp3) is 0.650. The molecule has 16 heteroatoms. The predicted octanol–water partition coefficient (Wildman–Crippen LogP) is -4.61. The average molecular weight is 517 g/mol. The zero-order valence-corrected chi connectivity index (χ0v) is 19.9. The SMILES string of the molecule is NCCCCC(NC(=O)C(CCC(N)=O)NC(=O)C(CCC(N)=O)NC(=O)C(N)CC(N)=O)C(=O)O. The van der Waals surface area contributed by atoms with Crippen LogP contribution in [0.2, 0.25) is 0 Å². The van der Waals surface area contributed by atoms with E-state index in [-0.39, 0.29) is 32.1 Å². The molecule has 0 aromatic carbocycles. The van der Waals surface area contributed by atoms with Crippen LogP contribution >= 0.6 is 0 Å². The normalized spacial score (nSPS) is 13.9. The maximum Gasteiger partial charge on any atom is 0.326 e. The second kappa shape index (κ2) is 16.8. The molecule has 4 atom stereocenters. The summed E-state index contributed by atoms with van der Waals surface area (Å²) in [5.41, 5.74) is 26.2. The molecule has 0 bridgehead atoms. The van der Waals surface area contributed by atoms with Gasteiger partial charge in [0.1, 0.15) is 18.1 Å². The molecule has 0 fully saturated rings. The van der Waals surface area contributed by atoms with Crippen LogP contribution in [0.5, 0.6) is 0 Å². The van der Waals surface area contributed by atoms with Crippen molar-refractivity contribution >= 4 is 41.4 Å². The van der Waals surface area contributed by atoms with Crippen molar-refractivity contribution in [2.45, 2.75) is 75.5 Å². The van der Waals surface area contributed by atoms with Gasteiger partial charge in [0.2, 0.25) is 35.4 Å². The molecule has 0 rings (SSSR count). The maximum atomic E-state index is 12.9. The number of carboxylic acid groups (broad SMARTS) is 1. The third-order valence-electron chi connectivity index (χ3n) is 4.94. The Hall–Kier alpha value is -3.79.